The van der Waals surface area contributed by atoms with E-state index in [4.69, 9.17) is 0 Å². The first-order valence-electron chi connectivity index (χ1n) is 10.1. The Hall–Kier alpha value is -3.07. The first-order chi connectivity index (χ1) is 14.4. The molecule has 0 saturated carbocycles. The molecule has 0 radical (unpaired) electrons. The lowest BCUT2D eigenvalue weighted by Gasteiger charge is -2.17. The molecule has 0 fully saturated rings. The fourth-order valence-corrected chi connectivity index (χ4v) is 5.49. The molecule has 0 aromatic heterocycles. The van der Waals surface area contributed by atoms with E-state index in [1.807, 2.05) is 4.72 Å². The number of hydrogen-bond donors (Lipinski definition) is 4. The van der Waals surface area contributed by atoms with Crippen LogP contribution >= 0.6 is 0 Å². The van der Waals surface area contributed by atoms with Crippen molar-refractivity contribution in [1.82, 2.24) is 4.72 Å². The van der Waals surface area contributed by atoms with E-state index in [0.29, 0.717) is 11.3 Å². The van der Waals surface area contributed by atoms with Crippen LogP contribution in [0.15, 0.2) is 24.3 Å². The van der Waals surface area contributed by atoms with Gasteiger partial charge in [-0.1, -0.05) is 6.07 Å². The summed E-state index contributed by atoms with van der Waals surface area (Å²) >= 11 is 0. The highest BCUT2D eigenvalue weighted by atomic mass is 32.2. The minimum atomic E-state index is -4.13. The van der Waals surface area contributed by atoms with Crippen molar-refractivity contribution in [3.63, 3.8) is 0 Å². The van der Waals surface area contributed by atoms with Gasteiger partial charge in [-0.25, -0.2) is 9.52 Å². The average molecular weight is 426 g/mol. The predicted molar refractivity (Wildman–Crippen MR) is 114 cm³/mol. The van der Waals surface area contributed by atoms with Crippen LogP contribution in [0.5, 0.6) is 0 Å². The van der Waals surface area contributed by atoms with Crippen LogP contribution in [0.1, 0.15) is 40.7 Å². The van der Waals surface area contributed by atoms with E-state index >= 15 is 0 Å². The number of aryl methyl sites for hydroxylation is 2. The fourth-order valence-electron chi connectivity index (χ4n) is 4.70. The molecule has 30 heavy (non-hydrogen) atoms. The Labute approximate surface area is 174 Å². The van der Waals surface area contributed by atoms with Gasteiger partial charge >= 0.3 is 16.2 Å². The summed E-state index contributed by atoms with van der Waals surface area (Å²) in [6.45, 7) is 0. The van der Waals surface area contributed by atoms with E-state index in [2.05, 4.69) is 21.4 Å². The second-order valence-electron chi connectivity index (χ2n) is 7.99. The minimum Gasteiger partial charge on any atom is -0.326 e. The van der Waals surface area contributed by atoms with Gasteiger partial charge in [-0.3, -0.25) is 9.52 Å². The topological polar surface area (TPSA) is 116 Å². The second-order valence-corrected chi connectivity index (χ2v) is 9.41. The molecule has 0 atom stereocenters. The number of benzene rings is 2. The van der Waals surface area contributed by atoms with Crippen molar-refractivity contribution < 1.29 is 18.0 Å². The molecule has 1 aliphatic heterocycles. The van der Waals surface area contributed by atoms with Gasteiger partial charge in [0.25, 0.3) is 0 Å². The Morgan fingerprint density at radius 2 is 1.63 bits per heavy atom. The van der Waals surface area contributed by atoms with Gasteiger partial charge in [-0.05, 0) is 84.5 Å². The number of urea groups is 1. The lowest BCUT2D eigenvalue weighted by molar-refractivity contribution is -0.115. The molecule has 0 bridgehead atoms. The van der Waals surface area contributed by atoms with Crippen LogP contribution in [-0.2, 0) is 47.1 Å². The highest BCUT2D eigenvalue weighted by Gasteiger charge is 2.26. The smallest absolute Gasteiger partial charge is 0.326 e. The number of amides is 3. The van der Waals surface area contributed by atoms with E-state index in [-0.39, 0.29) is 18.0 Å². The molecule has 2 aliphatic carbocycles. The largest absolute Gasteiger partial charge is 0.334 e. The lowest BCUT2D eigenvalue weighted by atomic mass is 9.99. The predicted octanol–water partition coefficient (Wildman–Crippen LogP) is 2.64. The van der Waals surface area contributed by atoms with Crippen LogP contribution in [0.4, 0.5) is 21.9 Å². The van der Waals surface area contributed by atoms with Gasteiger partial charge in [0.15, 0.2) is 0 Å². The van der Waals surface area contributed by atoms with Gasteiger partial charge < -0.3 is 10.6 Å². The van der Waals surface area contributed by atoms with Crippen LogP contribution in [0, 0.1) is 0 Å². The van der Waals surface area contributed by atoms with Crippen LogP contribution in [0.25, 0.3) is 0 Å². The van der Waals surface area contributed by atoms with Gasteiger partial charge in [0.1, 0.15) is 0 Å². The van der Waals surface area contributed by atoms with E-state index in [9.17, 15) is 18.0 Å². The highest BCUT2D eigenvalue weighted by Crippen LogP contribution is 2.38. The lowest BCUT2D eigenvalue weighted by Crippen LogP contribution is -2.38. The summed E-state index contributed by atoms with van der Waals surface area (Å²) in [4.78, 5) is 24.0. The summed E-state index contributed by atoms with van der Waals surface area (Å²) < 4.78 is 29.3. The van der Waals surface area contributed by atoms with E-state index in [1.54, 1.807) is 18.2 Å². The van der Waals surface area contributed by atoms with E-state index in [1.165, 1.54) is 11.1 Å². The van der Waals surface area contributed by atoms with Gasteiger partial charge in [-0.2, -0.15) is 8.42 Å². The molecule has 2 aromatic carbocycles. The van der Waals surface area contributed by atoms with Crippen molar-refractivity contribution in [1.29, 1.82) is 0 Å². The van der Waals surface area contributed by atoms with Crippen molar-refractivity contribution >= 4 is 39.2 Å². The monoisotopic (exact) mass is 426 g/mol. The SMILES string of the molecule is O=C1Cc2cc(NS(=O)(=O)NC(=O)Nc3c4c(cc5c3CCC5)CCC4)ccc2N1. The zero-order chi connectivity index (χ0) is 20.9. The number of nitrogens with one attached hydrogen (secondary N) is 4. The molecule has 156 valence electrons. The molecule has 5 rings (SSSR count). The standard InChI is InChI=1S/C21H22N4O4S/c26-19-11-14-10-15(7-8-18(14)22-19)24-30(28,29)25-21(27)23-20-16-5-1-3-12(16)9-13-4-2-6-17(13)20/h7-10,24H,1-6,11H2,(H,22,26)(H2,23,25,27). The maximum absolute atomic E-state index is 12.6. The summed E-state index contributed by atoms with van der Waals surface area (Å²) in [7, 11) is -4.13. The van der Waals surface area contributed by atoms with Crippen molar-refractivity contribution in [2.24, 2.45) is 0 Å². The molecule has 0 saturated heterocycles. The minimum absolute atomic E-state index is 0.134. The van der Waals surface area contributed by atoms with Crippen molar-refractivity contribution in [3.8, 4) is 0 Å². The summed E-state index contributed by atoms with van der Waals surface area (Å²) in [5.74, 6) is -0.134. The van der Waals surface area contributed by atoms with E-state index in [0.717, 1.165) is 55.3 Å². The Bertz CT molecular complexity index is 1160. The molecule has 0 unspecified atom stereocenters. The Morgan fingerprint density at radius 3 is 2.33 bits per heavy atom. The third kappa shape index (κ3) is 3.49. The zero-order valence-corrected chi connectivity index (χ0v) is 17.1. The van der Waals surface area contributed by atoms with Crippen molar-refractivity contribution in [2.45, 2.75) is 44.9 Å². The normalized spacial score (nSPS) is 16.5. The van der Waals surface area contributed by atoms with Gasteiger partial charge in [-0.15, -0.1) is 0 Å². The summed E-state index contributed by atoms with van der Waals surface area (Å²) in [5, 5.41) is 5.50. The zero-order valence-electron chi connectivity index (χ0n) is 16.3. The molecule has 8 nitrogen and oxygen atoms in total. The van der Waals surface area contributed by atoms with Crippen LogP contribution in [0.2, 0.25) is 0 Å². The van der Waals surface area contributed by atoms with Crippen LogP contribution in [-0.4, -0.2) is 20.4 Å². The molecule has 3 aliphatic rings. The third-order valence-electron chi connectivity index (χ3n) is 5.92. The first kappa shape index (κ1) is 18.9. The summed E-state index contributed by atoms with van der Waals surface area (Å²) in [6.07, 6.45) is 6.07. The third-order valence-corrected chi connectivity index (χ3v) is 6.88. The Morgan fingerprint density at radius 1 is 0.933 bits per heavy atom. The van der Waals surface area contributed by atoms with Crippen LogP contribution in [0.3, 0.4) is 0 Å². The molecule has 4 N–H and O–H groups in total. The number of carbonyl (C=O) groups is 2. The summed E-state index contributed by atoms with van der Waals surface area (Å²) in [6, 6.07) is 6.23. The Balaban J connectivity index is 1.32. The van der Waals surface area contributed by atoms with Crippen molar-refractivity contribution in [3.05, 3.63) is 52.1 Å². The molecule has 2 aromatic rings. The molecular weight excluding hydrogens is 404 g/mol. The van der Waals surface area contributed by atoms with E-state index < -0.39 is 16.2 Å². The summed E-state index contributed by atoms with van der Waals surface area (Å²) in [5.41, 5.74) is 7.22. The highest BCUT2D eigenvalue weighted by molar-refractivity contribution is 7.91. The maximum atomic E-state index is 12.6. The molecule has 0 spiro atoms. The average Bonchev–Trinajstić information content (AvgIpc) is 3.38. The maximum Gasteiger partial charge on any atom is 0.334 e. The molecule has 3 amide bonds. The molecule has 9 heteroatoms. The quantitative estimate of drug-likeness (QED) is 0.601. The van der Waals surface area contributed by atoms with Gasteiger partial charge in [0, 0.05) is 11.4 Å². The van der Waals surface area contributed by atoms with Gasteiger partial charge in [0.05, 0.1) is 12.1 Å². The van der Waals surface area contributed by atoms with Gasteiger partial charge in [0.2, 0.25) is 5.91 Å². The molecular formula is C21H22N4O4S. The number of anilines is 3. The number of rotatable bonds is 4. The number of fused-ring (bicyclic) bond motifs is 3. The molecule has 1 heterocycles. The Kier molecular flexibility index (Phi) is 4.43. The first-order valence-corrected chi connectivity index (χ1v) is 11.6. The van der Waals surface area contributed by atoms with Crippen molar-refractivity contribution in [2.75, 3.05) is 15.4 Å². The van der Waals surface area contributed by atoms with Crippen LogP contribution < -0.4 is 20.1 Å². The second kappa shape index (κ2) is 7.02. The fraction of sp³-hybridized carbons (Fsp3) is 0.333. The number of carbonyl (C=O) groups excluding carboxylic acids is 2. The number of hydrogen-bond acceptors (Lipinski definition) is 4.